The molecule has 2 saturated heterocycles. The van der Waals surface area contributed by atoms with Gasteiger partial charge in [-0.15, -0.1) is 0 Å². The summed E-state index contributed by atoms with van der Waals surface area (Å²) in [7, 11) is 2.20. The first-order valence-corrected chi connectivity index (χ1v) is 8.21. The Bertz CT molecular complexity index is 490. The number of piperidine rings is 1. The third-order valence-corrected chi connectivity index (χ3v) is 5.29. The van der Waals surface area contributed by atoms with Crippen LogP contribution in [0.4, 0.5) is 0 Å². The Morgan fingerprint density at radius 2 is 1.91 bits per heavy atom. The molecule has 0 amide bonds. The SMILES string of the molecule is CN1C2CCC1CC(OCC(=O)C(CO)c1ccccc1)C2. The lowest BCUT2D eigenvalue weighted by atomic mass is 9.95. The van der Waals surface area contributed by atoms with Crippen LogP contribution in [0.2, 0.25) is 0 Å². The Hall–Kier alpha value is -1.23. The molecule has 3 rings (SSSR count). The van der Waals surface area contributed by atoms with Crippen molar-refractivity contribution in [1.29, 1.82) is 0 Å². The first-order valence-electron chi connectivity index (χ1n) is 8.21. The van der Waals surface area contributed by atoms with Crippen LogP contribution in [0.5, 0.6) is 0 Å². The maximum absolute atomic E-state index is 12.4. The third kappa shape index (κ3) is 3.24. The lowest BCUT2D eigenvalue weighted by Gasteiger charge is -2.36. The summed E-state index contributed by atoms with van der Waals surface area (Å²) in [5.74, 6) is -0.496. The number of carbonyl (C=O) groups excluding carboxylic acids is 1. The standard InChI is InChI=1S/C18H25NO3/c1-19-14-7-8-15(19)10-16(9-14)22-12-18(21)17(11-20)13-5-3-2-4-6-13/h2-6,14-17,20H,7-12H2,1H3. The Labute approximate surface area is 132 Å². The van der Waals surface area contributed by atoms with Crippen molar-refractivity contribution in [3.05, 3.63) is 35.9 Å². The highest BCUT2D eigenvalue weighted by Gasteiger charge is 2.39. The smallest absolute Gasteiger partial charge is 0.168 e. The van der Waals surface area contributed by atoms with Gasteiger partial charge in [-0.05, 0) is 38.3 Å². The van der Waals surface area contributed by atoms with Gasteiger partial charge in [0.15, 0.2) is 5.78 Å². The molecular formula is C18H25NO3. The molecule has 2 fully saturated rings. The van der Waals surface area contributed by atoms with Gasteiger partial charge in [0.25, 0.3) is 0 Å². The Morgan fingerprint density at radius 1 is 1.27 bits per heavy atom. The second-order valence-electron chi connectivity index (χ2n) is 6.57. The van der Waals surface area contributed by atoms with Crippen LogP contribution in [0.1, 0.15) is 37.2 Å². The predicted molar refractivity (Wildman–Crippen MR) is 84.8 cm³/mol. The number of fused-ring (bicyclic) bond motifs is 2. The van der Waals surface area contributed by atoms with E-state index in [4.69, 9.17) is 4.74 Å². The van der Waals surface area contributed by atoms with Gasteiger partial charge in [-0.1, -0.05) is 30.3 Å². The topological polar surface area (TPSA) is 49.8 Å². The molecule has 4 heteroatoms. The summed E-state index contributed by atoms with van der Waals surface area (Å²) in [5.41, 5.74) is 0.863. The van der Waals surface area contributed by atoms with Gasteiger partial charge in [0.05, 0.1) is 18.6 Å². The molecule has 2 aliphatic heterocycles. The number of ketones is 1. The average molecular weight is 303 g/mol. The van der Waals surface area contributed by atoms with Crippen molar-refractivity contribution in [3.8, 4) is 0 Å². The molecule has 4 nitrogen and oxygen atoms in total. The number of hydrogen-bond donors (Lipinski definition) is 1. The van der Waals surface area contributed by atoms with Crippen molar-refractivity contribution < 1.29 is 14.6 Å². The fourth-order valence-corrected chi connectivity index (χ4v) is 3.88. The highest BCUT2D eigenvalue weighted by Crippen LogP contribution is 2.35. The maximum Gasteiger partial charge on any atom is 0.168 e. The number of nitrogens with zero attached hydrogens (tertiary/aromatic N) is 1. The Balaban J connectivity index is 1.54. The summed E-state index contributed by atoms with van der Waals surface area (Å²) in [6.45, 7) is -0.0567. The van der Waals surface area contributed by atoms with E-state index in [-0.39, 0.29) is 25.1 Å². The van der Waals surface area contributed by atoms with Gasteiger partial charge >= 0.3 is 0 Å². The second kappa shape index (κ2) is 6.90. The lowest BCUT2D eigenvalue weighted by Crippen LogP contribution is -2.43. The molecule has 0 aromatic heterocycles. The van der Waals surface area contributed by atoms with E-state index >= 15 is 0 Å². The minimum absolute atomic E-state index is 0.0278. The molecule has 3 atom stereocenters. The summed E-state index contributed by atoms with van der Waals surface area (Å²) < 4.78 is 5.89. The molecule has 1 aromatic rings. The Kier molecular flexibility index (Phi) is 4.91. The number of aliphatic hydroxyl groups excluding tert-OH is 1. The van der Waals surface area contributed by atoms with Crippen LogP contribution in [0.3, 0.4) is 0 Å². The number of carbonyl (C=O) groups is 1. The molecule has 0 saturated carbocycles. The summed E-state index contributed by atoms with van der Waals surface area (Å²) in [6.07, 6.45) is 4.73. The zero-order valence-corrected chi connectivity index (χ0v) is 13.1. The minimum Gasteiger partial charge on any atom is -0.395 e. The van der Waals surface area contributed by atoms with E-state index in [1.54, 1.807) is 0 Å². The Morgan fingerprint density at radius 3 is 2.50 bits per heavy atom. The van der Waals surface area contributed by atoms with E-state index in [9.17, 15) is 9.90 Å². The zero-order valence-electron chi connectivity index (χ0n) is 13.1. The van der Waals surface area contributed by atoms with Crippen LogP contribution >= 0.6 is 0 Å². The fourth-order valence-electron chi connectivity index (χ4n) is 3.88. The summed E-state index contributed by atoms with van der Waals surface area (Å²) in [6, 6.07) is 10.7. The van der Waals surface area contributed by atoms with Gasteiger partial charge in [0.2, 0.25) is 0 Å². The molecule has 3 unspecified atom stereocenters. The van der Waals surface area contributed by atoms with Crippen LogP contribution in [0.15, 0.2) is 30.3 Å². The van der Waals surface area contributed by atoms with E-state index in [1.807, 2.05) is 30.3 Å². The van der Waals surface area contributed by atoms with E-state index < -0.39 is 5.92 Å². The normalized spacial score (nSPS) is 29.5. The molecule has 120 valence electrons. The van der Waals surface area contributed by atoms with E-state index in [0.29, 0.717) is 12.1 Å². The van der Waals surface area contributed by atoms with Crippen molar-refractivity contribution >= 4 is 5.78 Å². The monoisotopic (exact) mass is 303 g/mol. The molecule has 0 radical (unpaired) electrons. The second-order valence-corrected chi connectivity index (χ2v) is 6.57. The molecule has 22 heavy (non-hydrogen) atoms. The largest absolute Gasteiger partial charge is 0.395 e. The summed E-state index contributed by atoms with van der Waals surface area (Å²) in [5, 5.41) is 9.53. The molecule has 2 bridgehead atoms. The van der Waals surface area contributed by atoms with E-state index in [2.05, 4.69) is 11.9 Å². The van der Waals surface area contributed by atoms with Gasteiger partial charge in [0.1, 0.15) is 6.61 Å². The van der Waals surface area contributed by atoms with Crippen molar-refractivity contribution in [3.63, 3.8) is 0 Å². The highest BCUT2D eigenvalue weighted by molar-refractivity contribution is 5.87. The minimum atomic E-state index is -0.468. The number of ether oxygens (including phenoxy) is 1. The van der Waals surface area contributed by atoms with Crippen LogP contribution in [-0.4, -0.2) is 54.2 Å². The molecular weight excluding hydrogens is 278 g/mol. The molecule has 0 spiro atoms. The first-order chi connectivity index (χ1) is 10.7. The molecule has 1 aromatic carbocycles. The van der Waals surface area contributed by atoms with Crippen LogP contribution in [0, 0.1) is 0 Å². The molecule has 2 heterocycles. The number of rotatable bonds is 6. The molecule has 2 aliphatic rings. The quantitative estimate of drug-likeness (QED) is 0.873. The maximum atomic E-state index is 12.4. The number of Topliss-reactive ketones (excluding diaryl/α,β-unsaturated/α-hetero) is 1. The third-order valence-electron chi connectivity index (χ3n) is 5.29. The lowest BCUT2D eigenvalue weighted by molar-refractivity contribution is -0.129. The first kappa shape index (κ1) is 15.7. The van der Waals surface area contributed by atoms with Gasteiger partial charge < -0.3 is 14.7 Å². The summed E-state index contributed by atoms with van der Waals surface area (Å²) >= 11 is 0. The van der Waals surface area contributed by atoms with Crippen LogP contribution in [0.25, 0.3) is 0 Å². The van der Waals surface area contributed by atoms with Gasteiger partial charge in [0, 0.05) is 12.1 Å². The molecule has 0 aliphatic carbocycles. The van der Waals surface area contributed by atoms with Crippen molar-refractivity contribution in [2.24, 2.45) is 0 Å². The van der Waals surface area contributed by atoms with Crippen molar-refractivity contribution in [2.75, 3.05) is 20.3 Å². The van der Waals surface area contributed by atoms with Crippen molar-refractivity contribution in [2.45, 2.75) is 49.8 Å². The van der Waals surface area contributed by atoms with Crippen LogP contribution < -0.4 is 0 Å². The van der Waals surface area contributed by atoms with Gasteiger partial charge in [-0.2, -0.15) is 0 Å². The number of aliphatic hydroxyl groups is 1. The van der Waals surface area contributed by atoms with E-state index in [0.717, 1.165) is 18.4 Å². The highest BCUT2D eigenvalue weighted by atomic mass is 16.5. The van der Waals surface area contributed by atoms with Gasteiger partial charge in [-0.3, -0.25) is 4.79 Å². The number of hydrogen-bond acceptors (Lipinski definition) is 4. The van der Waals surface area contributed by atoms with E-state index in [1.165, 1.54) is 12.8 Å². The molecule has 1 N–H and O–H groups in total. The summed E-state index contributed by atoms with van der Waals surface area (Å²) in [4.78, 5) is 14.8. The van der Waals surface area contributed by atoms with Crippen LogP contribution in [-0.2, 0) is 9.53 Å². The van der Waals surface area contributed by atoms with Crippen molar-refractivity contribution in [1.82, 2.24) is 4.90 Å². The number of benzene rings is 1. The average Bonchev–Trinajstić information content (AvgIpc) is 2.76. The predicted octanol–water partition coefficient (Wildman–Crippen LogP) is 1.97. The van der Waals surface area contributed by atoms with Gasteiger partial charge in [-0.25, -0.2) is 0 Å². The zero-order chi connectivity index (χ0) is 15.5. The fraction of sp³-hybridized carbons (Fsp3) is 0.611.